The molecule has 0 radical (unpaired) electrons. The zero-order valence-electron chi connectivity index (χ0n) is 32.1. The van der Waals surface area contributed by atoms with Crippen molar-refractivity contribution in [2.24, 2.45) is 5.41 Å². The molecule has 1 spiro atoms. The number of pyridine rings is 1. The van der Waals surface area contributed by atoms with Gasteiger partial charge in [0.15, 0.2) is 9.84 Å². The molecule has 298 valence electrons. The predicted octanol–water partition coefficient (Wildman–Crippen LogP) is 6.22. The van der Waals surface area contributed by atoms with E-state index in [1.807, 2.05) is 31.2 Å². The Morgan fingerprint density at radius 2 is 1.82 bits per heavy atom. The number of sulfone groups is 1. The average molecular weight is 811 g/mol. The van der Waals surface area contributed by atoms with Crippen molar-refractivity contribution in [2.45, 2.75) is 93.2 Å². The van der Waals surface area contributed by atoms with Crippen molar-refractivity contribution in [3.8, 4) is 11.8 Å². The summed E-state index contributed by atoms with van der Waals surface area (Å²) in [4.78, 5) is 48.7. The van der Waals surface area contributed by atoms with Crippen LogP contribution in [0, 0.1) is 24.2 Å². The van der Waals surface area contributed by atoms with Crippen LogP contribution < -0.4 is 16.2 Å². The van der Waals surface area contributed by atoms with Gasteiger partial charge in [0, 0.05) is 41.8 Å². The Morgan fingerprint density at radius 1 is 1.04 bits per heavy atom. The first-order valence-electron chi connectivity index (χ1n) is 19.9. The van der Waals surface area contributed by atoms with Crippen LogP contribution in [-0.2, 0) is 24.2 Å². The van der Waals surface area contributed by atoms with E-state index in [0.717, 1.165) is 74.8 Å². The van der Waals surface area contributed by atoms with Gasteiger partial charge in [-0.15, -0.1) is 0 Å². The van der Waals surface area contributed by atoms with Gasteiger partial charge in [-0.1, -0.05) is 48.4 Å². The van der Waals surface area contributed by atoms with Crippen molar-refractivity contribution in [1.82, 2.24) is 24.8 Å². The molecule has 2 aromatic heterocycles. The minimum Gasteiger partial charge on any atom is -0.367 e. The van der Waals surface area contributed by atoms with E-state index in [2.05, 4.69) is 32.4 Å². The van der Waals surface area contributed by atoms with Crippen molar-refractivity contribution < 1.29 is 22.7 Å². The fraction of sp³-hybridized carbons (Fsp3) is 0.465. The number of rotatable bonds is 10. The number of nitrogens with one attached hydrogen (secondary N) is 2. The summed E-state index contributed by atoms with van der Waals surface area (Å²) in [6, 6.07) is 14.4. The number of amides is 2. The summed E-state index contributed by atoms with van der Waals surface area (Å²) >= 11 is 6.29. The molecular formula is C43H47ClN6O6S. The number of aryl methyl sites for hydroxylation is 1. The van der Waals surface area contributed by atoms with Gasteiger partial charge in [-0.05, 0) is 118 Å². The van der Waals surface area contributed by atoms with Crippen LogP contribution in [0.2, 0.25) is 5.02 Å². The first-order chi connectivity index (χ1) is 27.5. The lowest BCUT2D eigenvalue weighted by Gasteiger charge is -2.51. The fourth-order valence-corrected chi connectivity index (χ4v) is 11.3. The molecule has 14 heteroatoms. The number of benzene rings is 2. The Bertz CT molecular complexity index is 2440. The third-order valence-corrected chi connectivity index (χ3v) is 14.7. The first-order valence-corrected chi connectivity index (χ1v) is 21.8. The zero-order valence-corrected chi connectivity index (χ0v) is 33.6. The van der Waals surface area contributed by atoms with Gasteiger partial charge in [0.2, 0.25) is 17.8 Å². The number of fused-ring (bicyclic) bond motifs is 1. The number of aromatic nitrogens is 3. The highest BCUT2D eigenvalue weighted by atomic mass is 35.5. The second-order valence-corrected chi connectivity index (χ2v) is 18.7. The van der Waals surface area contributed by atoms with Gasteiger partial charge in [0.25, 0.3) is 5.56 Å². The molecule has 0 unspecified atom stereocenters. The van der Waals surface area contributed by atoms with Gasteiger partial charge in [-0.2, -0.15) is 4.98 Å². The normalized spacial score (nSPS) is 20.3. The van der Waals surface area contributed by atoms with E-state index in [0.29, 0.717) is 66.5 Å². The number of carbonyl (C=O) groups is 2. The van der Waals surface area contributed by atoms with Crippen LogP contribution in [0.25, 0.3) is 11.0 Å². The smallest absolute Gasteiger partial charge is 0.271 e. The Labute approximate surface area is 337 Å². The fourth-order valence-electron chi connectivity index (χ4n) is 9.00. The minimum atomic E-state index is -3.50. The largest absolute Gasteiger partial charge is 0.367 e. The third-order valence-electron chi connectivity index (χ3n) is 12.4. The second-order valence-electron chi connectivity index (χ2n) is 16.1. The van der Waals surface area contributed by atoms with Crippen molar-refractivity contribution in [3.05, 3.63) is 86.8 Å². The van der Waals surface area contributed by atoms with E-state index in [-0.39, 0.29) is 39.8 Å². The number of halogens is 1. The van der Waals surface area contributed by atoms with E-state index < -0.39 is 15.1 Å². The Kier molecular flexibility index (Phi) is 11.2. The number of likely N-dealkylation sites (tertiary alicyclic amines) is 1. The SMILES string of the molecule is Cc1cc(S(=O)(=O)C2CC3(CCN(CCOCC#Cc4cccc([C@@H]5CCC(=O)NC5=O)c4)CC3)C2)ccc1Nc1ncc2cc(Cl)c(=O)n(C3CCCC3)c2n1. The van der Waals surface area contributed by atoms with E-state index in [1.54, 1.807) is 35.0 Å². The molecule has 2 saturated heterocycles. The van der Waals surface area contributed by atoms with Crippen LogP contribution in [0.15, 0.2) is 64.4 Å². The summed E-state index contributed by atoms with van der Waals surface area (Å²) in [6.07, 6.45) is 9.72. The molecule has 4 aromatic rings. The maximum absolute atomic E-state index is 13.8. The number of nitrogens with zero attached hydrogens (tertiary/aromatic N) is 4. The van der Waals surface area contributed by atoms with Gasteiger partial charge in [-0.25, -0.2) is 13.4 Å². The van der Waals surface area contributed by atoms with Gasteiger partial charge in [0.1, 0.15) is 17.3 Å². The highest BCUT2D eigenvalue weighted by Crippen LogP contribution is 2.52. The molecule has 1 atom stereocenters. The van der Waals surface area contributed by atoms with Gasteiger partial charge in [0.05, 0.1) is 22.7 Å². The quantitative estimate of drug-likeness (QED) is 0.107. The number of carbonyl (C=O) groups excluding carboxylic acids is 2. The molecular weight excluding hydrogens is 764 g/mol. The molecule has 12 nitrogen and oxygen atoms in total. The second kappa shape index (κ2) is 16.3. The van der Waals surface area contributed by atoms with Crippen molar-refractivity contribution in [1.29, 1.82) is 0 Å². The maximum atomic E-state index is 13.8. The summed E-state index contributed by atoms with van der Waals surface area (Å²) in [5, 5.41) is 6.11. The lowest BCUT2D eigenvalue weighted by atomic mass is 9.63. The number of piperidine rings is 2. The highest BCUT2D eigenvalue weighted by molar-refractivity contribution is 7.92. The zero-order chi connectivity index (χ0) is 39.7. The van der Waals surface area contributed by atoms with Crippen molar-refractivity contribution in [2.75, 3.05) is 38.2 Å². The van der Waals surface area contributed by atoms with Crippen LogP contribution >= 0.6 is 11.6 Å². The van der Waals surface area contributed by atoms with E-state index >= 15 is 0 Å². The van der Waals surface area contributed by atoms with Crippen LogP contribution in [0.4, 0.5) is 11.6 Å². The molecule has 8 rings (SSSR count). The molecule has 57 heavy (non-hydrogen) atoms. The minimum absolute atomic E-state index is 0.0517. The highest BCUT2D eigenvalue weighted by Gasteiger charge is 2.51. The summed E-state index contributed by atoms with van der Waals surface area (Å²) in [5.74, 6) is 5.69. The average Bonchev–Trinajstić information content (AvgIpc) is 3.72. The monoisotopic (exact) mass is 810 g/mol. The summed E-state index contributed by atoms with van der Waals surface area (Å²) in [5.41, 5.74) is 3.49. The maximum Gasteiger partial charge on any atom is 0.271 e. The molecule has 2 aromatic carbocycles. The first kappa shape index (κ1) is 39.2. The molecule has 2 aliphatic carbocycles. The van der Waals surface area contributed by atoms with Crippen LogP contribution in [0.1, 0.15) is 92.9 Å². The molecule has 2 aliphatic heterocycles. The number of hydrogen-bond donors (Lipinski definition) is 2. The van der Waals surface area contributed by atoms with Crippen molar-refractivity contribution >= 4 is 55.9 Å². The topological polar surface area (TPSA) is 153 Å². The summed E-state index contributed by atoms with van der Waals surface area (Å²) < 4.78 is 35.1. The molecule has 0 bridgehead atoms. The van der Waals surface area contributed by atoms with Gasteiger partial charge < -0.3 is 15.0 Å². The summed E-state index contributed by atoms with van der Waals surface area (Å²) in [7, 11) is -3.50. The van der Waals surface area contributed by atoms with E-state index in [9.17, 15) is 22.8 Å². The molecule has 4 aliphatic rings. The lowest BCUT2D eigenvalue weighted by Crippen LogP contribution is -2.51. The molecule has 2 N–H and O–H groups in total. The van der Waals surface area contributed by atoms with Crippen molar-refractivity contribution in [3.63, 3.8) is 0 Å². The molecule has 4 heterocycles. The Balaban J connectivity index is 0.801. The standard InChI is InChI=1S/C43H47ClN6O6S/c1-28-22-33(11-13-37(28)46-42-45-27-31-24-36(44)41(53)50(39(31)48-42)32-9-2-3-10-32)57(54,55)34-25-43(26-34)15-17-49(18-16-43)19-21-56-20-5-7-29-6-4-8-30(23-29)35-12-14-38(51)47-40(35)52/h4,6,8,11,13,22-24,27,32,34-35H,2-3,9-10,12,14-21,25-26H2,1H3,(H,45,46,48)(H,47,51,52)/t35-/m0/s1. The molecule has 2 amide bonds. The number of anilines is 2. The van der Waals surface area contributed by atoms with E-state index in [4.69, 9.17) is 21.3 Å². The molecule has 2 saturated carbocycles. The van der Waals surface area contributed by atoms with Crippen LogP contribution in [0.5, 0.6) is 0 Å². The van der Waals surface area contributed by atoms with Crippen LogP contribution in [-0.4, -0.2) is 77.8 Å². The number of imide groups is 1. The predicted molar refractivity (Wildman–Crippen MR) is 218 cm³/mol. The number of ether oxygens (including phenoxy) is 1. The lowest BCUT2D eigenvalue weighted by molar-refractivity contribution is -0.134. The van der Waals surface area contributed by atoms with Gasteiger partial charge >= 0.3 is 0 Å². The van der Waals surface area contributed by atoms with Gasteiger partial charge in [-0.3, -0.25) is 24.3 Å². The molecule has 4 fully saturated rings. The Hall–Kier alpha value is -4.61. The van der Waals surface area contributed by atoms with Crippen LogP contribution in [0.3, 0.4) is 0 Å². The third kappa shape index (κ3) is 8.37. The summed E-state index contributed by atoms with van der Waals surface area (Å²) in [6.45, 7) is 5.35. The Morgan fingerprint density at radius 3 is 2.58 bits per heavy atom. The van der Waals surface area contributed by atoms with E-state index in [1.165, 1.54) is 0 Å². The number of hydrogen-bond acceptors (Lipinski definition) is 10.